The minimum absolute atomic E-state index is 0.0549. The standard InChI is InChI=1S/C26H25NO8.C14H13NO5.C12H12O5.C9H10O4.C7H6O3.C4H6.C2H5ClO/c1-3-22(28)32-13-12-31-19-10-6-16(7-11-19)23(29)20-14-33-25-21(15-34-24(20)25)35-26(30)17-4-8-18(27-2)9-5-17;15-5-8-1-3-9(4-2-8)14(17)20-11-7-19-12-10(16)6-18-13(11)12;1-2-11(13)17-8-7-16-10-5-3-9(4-6-10)12(14)15;10-5-6-13-8-3-1-7(2-4-8)9(11)12;8-6-3-1-5(2-4-6)7(9)10;1-3-4-2;3-1-2-4/h3-11,20-21,24-25H,1-2,12-15H2;1-4,10-13,16H,6-7H2;2-6H,1,7-8H2,(H,14,15);1-4,10H,5-6H2,(H,11,12);1-4,8H,(H,9,10);3-4H,1-2H2;4H,1-2H2/t20-,21?,24?,25?;;;;;;/m1....../s1. The molecule has 29 heteroatoms. The quantitative estimate of drug-likeness (QED) is 0.00416. The van der Waals surface area contributed by atoms with Crippen LogP contribution in [0.5, 0.6) is 23.0 Å². The van der Waals surface area contributed by atoms with Gasteiger partial charge >= 0.3 is 41.8 Å². The molecule has 4 aliphatic heterocycles. The van der Waals surface area contributed by atoms with Crippen molar-refractivity contribution in [2.75, 3.05) is 78.6 Å². The van der Waals surface area contributed by atoms with Crippen molar-refractivity contribution in [1.29, 1.82) is 5.26 Å². The number of aliphatic hydroxyl groups excluding tert-OH is 3. The Morgan fingerprint density at radius 2 is 0.864 bits per heavy atom. The number of ketones is 1. The first-order valence-electron chi connectivity index (χ1n) is 31.0. The van der Waals surface area contributed by atoms with Crippen LogP contribution >= 0.6 is 11.6 Å². The first-order chi connectivity index (χ1) is 49.6. The summed E-state index contributed by atoms with van der Waals surface area (Å²) in [6.07, 6.45) is 1.80. The Morgan fingerprint density at radius 3 is 1.25 bits per heavy atom. The van der Waals surface area contributed by atoms with Crippen molar-refractivity contribution in [3.8, 4) is 29.1 Å². The van der Waals surface area contributed by atoms with Crippen LogP contribution in [0, 0.1) is 17.2 Å². The molecule has 8 atom stereocenters. The fourth-order valence-electron chi connectivity index (χ4n) is 8.94. The molecule has 10 rings (SSSR count). The van der Waals surface area contributed by atoms with Crippen molar-refractivity contribution >= 4 is 71.6 Å². The predicted molar refractivity (Wildman–Crippen MR) is 370 cm³/mol. The molecule has 0 spiro atoms. The Kier molecular flexibility index (Phi) is 37.6. The molecule has 28 nitrogen and oxygen atoms in total. The number of rotatable bonds is 25. The van der Waals surface area contributed by atoms with Crippen molar-refractivity contribution in [3.63, 3.8) is 0 Å². The highest BCUT2D eigenvalue weighted by atomic mass is 35.5. The summed E-state index contributed by atoms with van der Waals surface area (Å²) in [5, 5.41) is 68.9. The fraction of sp³-hybridized carbons (Fsp3) is 0.270. The molecule has 0 aromatic heterocycles. The van der Waals surface area contributed by atoms with E-state index in [4.69, 9.17) is 99.6 Å². The molecule has 4 saturated heterocycles. The van der Waals surface area contributed by atoms with Gasteiger partial charge in [0, 0.05) is 23.6 Å². The maximum atomic E-state index is 13.1. The summed E-state index contributed by atoms with van der Waals surface area (Å²) in [6.45, 7) is 18.3. The molecule has 546 valence electrons. The van der Waals surface area contributed by atoms with Crippen LogP contribution in [0.3, 0.4) is 0 Å². The van der Waals surface area contributed by atoms with E-state index in [-0.39, 0.29) is 101 Å². The lowest BCUT2D eigenvalue weighted by atomic mass is 9.92. The molecule has 103 heavy (non-hydrogen) atoms. The third kappa shape index (κ3) is 29.0. The number of alkyl halides is 1. The van der Waals surface area contributed by atoms with Gasteiger partial charge in [-0.25, -0.2) is 33.6 Å². The van der Waals surface area contributed by atoms with E-state index in [1.807, 2.05) is 6.07 Å². The third-order valence-electron chi connectivity index (χ3n) is 14.0. The van der Waals surface area contributed by atoms with Gasteiger partial charge < -0.3 is 87.9 Å². The maximum Gasteiger partial charge on any atom is 0.338 e. The number of carboxylic acids is 3. The van der Waals surface area contributed by atoms with Crippen LogP contribution in [0.2, 0.25) is 0 Å². The molecule has 6 aromatic carbocycles. The Hall–Kier alpha value is -11.4. The molecule has 0 saturated carbocycles. The van der Waals surface area contributed by atoms with Gasteiger partial charge in [-0.15, -0.1) is 11.6 Å². The van der Waals surface area contributed by atoms with E-state index in [0.717, 1.165) is 12.2 Å². The minimum atomic E-state index is -0.989. The number of phenolic OH excluding ortho intramolecular Hbond substituents is 1. The number of benzene rings is 6. The number of nitriles is 1. The van der Waals surface area contributed by atoms with Crippen LogP contribution in [0.25, 0.3) is 0 Å². The van der Waals surface area contributed by atoms with E-state index in [9.17, 15) is 43.5 Å². The maximum absolute atomic E-state index is 13.1. The first-order valence-corrected chi connectivity index (χ1v) is 31.6. The molecule has 4 fully saturated rings. The second-order valence-corrected chi connectivity index (χ2v) is 21.3. The van der Waals surface area contributed by atoms with Gasteiger partial charge in [-0.2, -0.15) is 5.26 Å². The predicted octanol–water partition coefficient (Wildman–Crippen LogP) is 8.11. The minimum Gasteiger partial charge on any atom is -0.508 e. The lowest BCUT2D eigenvalue weighted by Gasteiger charge is -2.17. The summed E-state index contributed by atoms with van der Waals surface area (Å²) < 4.78 is 58.7. The summed E-state index contributed by atoms with van der Waals surface area (Å²) in [4.78, 5) is 94.3. The molecule has 0 aliphatic carbocycles. The van der Waals surface area contributed by atoms with E-state index < -0.39 is 90.4 Å². The number of aromatic carboxylic acids is 3. The lowest BCUT2D eigenvalue weighted by molar-refractivity contribution is -0.139. The number of hydrogen-bond donors (Lipinski definition) is 7. The van der Waals surface area contributed by atoms with Crippen LogP contribution in [0.4, 0.5) is 5.69 Å². The van der Waals surface area contributed by atoms with E-state index in [2.05, 4.69) is 38.0 Å². The number of aliphatic hydroxyl groups is 3. The molecule has 0 bridgehead atoms. The average Bonchev–Trinajstić information content (AvgIpc) is 1.67. The highest BCUT2D eigenvalue weighted by molar-refractivity contribution is 6.17. The van der Waals surface area contributed by atoms with Gasteiger partial charge in [-0.3, -0.25) is 9.79 Å². The van der Waals surface area contributed by atoms with Gasteiger partial charge in [0.2, 0.25) is 0 Å². The van der Waals surface area contributed by atoms with Gasteiger partial charge in [0.05, 0.1) is 96.8 Å². The average molecular weight is 1450 g/mol. The van der Waals surface area contributed by atoms with Crippen LogP contribution in [0.1, 0.15) is 67.7 Å². The zero-order valence-electron chi connectivity index (χ0n) is 55.5. The molecule has 7 N–H and O–H groups in total. The number of allylic oxidation sites excluding steroid dienone is 2. The third-order valence-corrected chi connectivity index (χ3v) is 14.1. The monoisotopic (exact) mass is 1440 g/mol. The number of nitrogens with zero attached hydrogens (tertiary/aromatic N) is 2. The molecule has 4 aliphatic rings. The van der Waals surface area contributed by atoms with Crippen molar-refractivity contribution in [2.45, 2.75) is 42.7 Å². The van der Waals surface area contributed by atoms with Gasteiger partial charge in [0.1, 0.15) is 80.4 Å². The fourth-order valence-corrected chi connectivity index (χ4v) is 8.94. The van der Waals surface area contributed by atoms with Gasteiger partial charge in [0.15, 0.2) is 18.0 Å². The SMILES string of the molecule is C=CC(=O)OCCOc1ccc(C(=O)O)cc1.C=CC(=O)OCCOc1ccc(C(=O)[C@H]2COC3C(OC(=O)c4ccc(N=C)cc4)COC32)cc1.C=CC=C.N#Cc1ccc(C(=O)OC2COC3C(O)COC23)cc1.O=C(O)c1ccc(O)cc1.O=C(O)c1ccc(OCCO)cc1.OCCCl. The second-order valence-electron chi connectivity index (χ2n) is 20.9. The number of ether oxygens (including phenoxy) is 11. The number of Topliss-reactive ketones (excluding diaryl/α,β-unsaturated/α-hetero) is 1. The van der Waals surface area contributed by atoms with E-state index in [1.54, 1.807) is 109 Å². The Labute approximate surface area is 597 Å². The van der Waals surface area contributed by atoms with Crippen LogP contribution < -0.4 is 14.2 Å². The molecule has 0 amide bonds. The van der Waals surface area contributed by atoms with Crippen LogP contribution in [-0.4, -0.2) is 211 Å². The molecule has 4 heterocycles. The Balaban J connectivity index is 0.000000283. The first kappa shape index (κ1) is 84.0. The van der Waals surface area contributed by atoms with E-state index >= 15 is 0 Å². The highest BCUT2D eigenvalue weighted by Crippen LogP contribution is 2.36. The highest BCUT2D eigenvalue weighted by Gasteiger charge is 2.52. The number of carbonyl (C=O) groups is 8. The van der Waals surface area contributed by atoms with E-state index in [0.29, 0.717) is 51.1 Å². The van der Waals surface area contributed by atoms with Gasteiger partial charge in [0.25, 0.3) is 0 Å². The smallest absolute Gasteiger partial charge is 0.338 e. The van der Waals surface area contributed by atoms with Crippen molar-refractivity contribution in [3.05, 3.63) is 235 Å². The number of esters is 4. The van der Waals surface area contributed by atoms with Crippen molar-refractivity contribution < 1.29 is 126 Å². The number of aliphatic imine (C=N–C) groups is 1. The summed E-state index contributed by atoms with van der Waals surface area (Å²) in [6, 6.07) is 38.7. The zero-order chi connectivity index (χ0) is 75.6. The summed E-state index contributed by atoms with van der Waals surface area (Å²) >= 11 is 4.94. The molecule has 7 unspecified atom stereocenters. The molecule has 0 radical (unpaired) electrons. The molecular weight excluding hydrogens is 1370 g/mol. The van der Waals surface area contributed by atoms with Crippen LogP contribution in [0.15, 0.2) is 201 Å². The Bertz CT molecular complexity index is 3760. The van der Waals surface area contributed by atoms with Gasteiger partial charge in [-0.05, 0) is 152 Å². The summed E-state index contributed by atoms with van der Waals surface area (Å²) in [5.41, 5.74) is 2.96. The topological polar surface area (TPSA) is 416 Å². The van der Waals surface area contributed by atoms with Crippen molar-refractivity contribution in [1.82, 2.24) is 0 Å². The van der Waals surface area contributed by atoms with E-state index in [1.165, 1.54) is 48.5 Å². The zero-order valence-corrected chi connectivity index (χ0v) is 56.2. The number of fused-ring (bicyclic) bond motifs is 2. The second kappa shape index (κ2) is 46.1. The Morgan fingerprint density at radius 1 is 0.495 bits per heavy atom. The molecule has 6 aromatic rings. The van der Waals surface area contributed by atoms with Gasteiger partial charge in [-0.1, -0.05) is 38.5 Å². The lowest BCUT2D eigenvalue weighted by Crippen LogP contribution is -2.34. The normalized spacial score (nSPS) is 18.0. The van der Waals surface area contributed by atoms with Crippen LogP contribution in [-0.2, 0) is 47.5 Å². The number of aromatic hydroxyl groups is 1. The van der Waals surface area contributed by atoms with Crippen molar-refractivity contribution in [2.24, 2.45) is 10.9 Å². The number of phenols is 1. The number of halogens is 1. The largest absolute Gasteiger partial charge is 0.508 e. The summed E-state index contributed by atoms with van der Waals surface area (Å²) in [5.74, 6) is -3.55. The number of carbonyl (C=O) groups excluding carboxylic acids is 5. The number of hydrogen-bond acceptors (Lipinski definition) is 25. The molecular formula is C74H77ClN2O26. The summed E-state index contributed by atoms with van der Waals surface area (Å²) in [7, 11) is 0. The number of carboxylic acid groups (broad SMARTS) is 3.